The van der Waals surface area contributed by atoms with Crippen LogP contribution in [-0.4, -0.2) is 32.7 Å². The minimum Gasteiger partial charge on any atom is -0.392 e. The van der Waals surface area contributed by atoms with Crippen molar-refractivity contribution in [1.29, 1.82) is 0 Å². The molecule has 136 valence electrons. The number of anilines is 2. The number of aliphatic hydroxyl groups is 1. The van der Waals surface area contributed by atoms with Gasteiger partial charge >= 0.3 is 0 Å². The monoisotopic (exact) mass is 351 g/mol. The maximum absolute atomic E-state index is 9.42. The van der Waals surface area contributed by atoms with Crippen LogP contribution in [0.15, 0.2) is 48.9 Å². The lowest BCUT2D eigenvalue weighted by Gasteiger charge is -2.16. The van der Waals surface area contributed by atoms with Crippen molar-refractivity contribution in [1.82, 2.24) is 20.3 Å². The van der Waals surface area contributed by atoms with E-state index in [0.29, 0.717) is 6.54 Å². The van der Waals surface area contributed by atoms with Gasteiger partial charge in [0.25, 0.3) is 0 Å². The van der Waals surface area contributed by atoms with E-state index >= 15 is 0 Å². The fourth-order valence-electron chi connectivity index (χ4n) is 2.96. The summed E-state index contributed by atoms with van der Waals surface area (Å²) in [5, 5.41) is 16.1. The molecular formula is C20H25N5O. The van der Waals surface area contributed by atoms with Gasteiger partial charge in [-0.25, -0.2) is 9.97 Å². The predicted octanol–water partition coefficient (Wildman–Crippen LogP) is 3.25. The van der Waals surface area contributed by atoms with E-state index < -0.39 is 0 Å². The van der Waals surface area contributed by atoms with E-state index in [-0.39, 0.29) is 6.10 Å². The predicted molar refractivity (Wildman–Crippen MR) is 104 cm³/mol. The molecular weight excluding hydrogens is 326 g/mol. The summed E-state index contributed by atoms with van der Waals surface area (Å²) in [6.07, 6.45) is 5.88. The summed E-state index contributed by atoms with van der Waals surface area (Å²) in [6.45, 7) is 5.23. The van der Waals surface area contributed by atoms with Crippen LogP contribution in [0.3, 0.4) is 0 Å². The van der Waals surface area contributed by atoms with Crippen LogP contribution in [0.25, 0.3) is 11.4 Å². The standard InChI is InChI=1S/C20H25N5O/c1-3-17-16(13-21-12-14(2)26)5-4-6-18(17)25-19-11-15(7-8-22-19)20-23-9-10-24-20/h4-11,14,21,26H,3,12-13H2,1-2H3,(H,22,25)(H,23,24). The lowest BCUT2D eigenvalue weighted by molar-refractivity contribution is 0.191. The van der Waals surface area contributed by atoms with Gasteiger partial charge in [-0.2, -0.15) is 0 Å². The molecule has 3 aromatic rings. The minimum atomic E-state index is -0.352. The van der Waals surface area contributed by atoms with Crippen LogP contribution >= 0.6 is 0 Å². The molecule has 0 aliphatic rings. The summed E-state index contributed by atoms with van der Waals surface area (Å²) in [6, 6.07) is 10.1. The van der Waals surface area contributed by atoms with E-state index in [0.717, 1.165) is 35.9 Å². The third-order valence-corrected chi connectivity index (χ3v) is 4.18. The first kappa shape index (κ1) is 18.1. The third-order valence-electron chi connectivity index (χ3n) is 4.18. The summed E-state index contributed by atoms with van der Waals surface area (Å²) in [5.74, 6) is 1.60. The highest BCUT2D eigenvalue weighted by Gasteiger charge is 2.09. The largest absolute Gasteiger partial charge is 0.392 e. The highest BCUT2D eigenvalue weighted by atomic mass is 16.3. The molecule has 0 aliphatic carbocycles. The average Bonchev–Trinajstić information content (AvgIpc) is 3.17. The zero-order chi connectivity index (χ0) is 18.4. The maximum atomic E-state index is 9.42. The highest BCUT2D eigenvalue weighted by Crippen LogP contribution is 2.25. The SMILES string of the molecule is CCc1c(CNCC(C)O)cccc1Nc1cc(-c2ncc[nH]2)ccn1. The lowest BCUT2D eigenvalue weighted by atomic mass is 10.0. The van der Waals surface area contributed by atoms with Gasteiger partial charge in [-0.1, -0.05) is 19.1 Å². The first-order valence-electron chi connectivity index (χ1n) is 8.89. The third kappa shape index (κ3) is 4.47. The van der Waals surface area contributed by atoms with Gasteiger partial charge in [-0.05, 0) is 42.7 Å². The van der Waals surface area contributed by atoms with Crippen molar-refractivity contribution < 1.29 is 5.11 Å². The molecule has 0 saturated carbocycles. The molecule has 0 bridgehead atoms. The average molecular weight is 351 g/mol. The highest BCUT2D eigenvalue weighted by molar-refractivity contribution is 5.66. The molecule has 0 spiro atoms. The quantitative estimate of drug-likeness (QED) is 0.500. The molecule has 0 amide bonds. The van der Waals surface area contributed by atoms with Crippen molar-refractivity contribution in [3.05, 3.63) is 60.0 Å². The van der Waals surface area contributed by atoms with Crippen LogP contribution in [0.1, 0.15) is 25.0 Å². The minimum absolute atomic E-state index is 0.352. The number of hydrogen-bond acceptors (Lipinski definition) is 5. The molecule has 1 atom stereocenters. The van der Waals surface area contributed by atoms with Crippen molar-refractivity contribution in [2.45, 2.75) is 32.9 Å². The Morgan fingerprint density at radius 1 is 1.19 bits per heavy atom. The molecule has 2 aromatic heterocycles. The van der Waals surface area contributed by atoms with Crippen LogP contribution in [0.4, 0.5) is 11.5 Å². The Bertz CT molecular complexity index is 830. The number of rotatable bonds is 8. The Labute approximate surface area is 153 Å². The summed E-state index contributed by atoms with van der Waals surface area (Å²) in [4.78, 5) is 11.8. The summed E-state index contributed by atoms with van der Waals surface area (Å²) >= 11 is 0. The molecule has 0 saturated heterocycles. The number of imidazole rings is 1. The molecule has 2 heterocycles. The van der Waals surface area contributed by atoms with Gasteiger partial charge in [0, 0.05) is 42.9 Å². The number of hydrogen-bond donors (Lipinski definition) is 4. The summed E-state index contributed by atoms with van der Waals surface area (Å²) in [7, 11) is 0. The molecule has 1 aromatic carbocycles. The number of aromatic nitrogens is 3. The number of H-pyrrole nitrogens is 1. The fraction of sp³-hybridized carbons (Fsp3) is 0.300. The zero-order valence-electron chi connectivity index (χ0n) is 15.2. The fourth-order valence-corrected chi connectivity index (χ4v) is 2.96. The second-order valence-corrected chi connectivity index (χ2v) is 6.27. The van der Waals surface area contributed by atoms with Gasteiger partial charge in [-0.3, -0.25) is 0 Å². The van der Waals surface area contributed by atoms with Crippen LogP contribution < -0.4 is 10.6 Å². The van der Waals surface area contributed by atoms with Gasteiger partial charge in [0.1, 0.15) is 11.6 Å². The number of benzene rings is 1. The smallest absolute Gasteiger partial charge is 0.137 e. The van der Waals surface area contributed by atoms with E-state index in [1.807, 2.05) is 24.4 Å². The van der Waals surface area contributed by atoms with Crippen molar-refractivity contribution in [2.24, 2.45) is 0 Å². The van der Waals surface area contributed by atoms with E-state index in [9.17, 15) is 5.11 Å². The lowest BCUT2D eigenvalue weighted by Crippen LogP contribution is -2.24. The Balaban J connectivity index is 1.80. The first-order valence-corrected chi connectivity index (χ1v) is 8.89. The molecule has 0 aliphatic heterocycles. The zero-order valence-corrected chi connectivity index (χ0v) is 15.2. The molecule has 6 nitrogen and oxygen atoms in total. The number of nitrogens with zero attached hydrogens (tertiary/aromatic N) is 2. The molecule has 0 fully saturated rings. The van der Waals surface area contributed by atoms with Crippen molar-refractivity contribution >= 4 is 11.5 Å². The second kappa shape index (κ2) is 8.60. The van der Waals surface area contributed by atoms with Gasteiger partial charge < -0.3 is 20.7 Å². The first-order chi connectivity index (χ1) is 12.7. The van der Waals surface area contributed by atoms with Crippen LogP contribution in [0, 0.1) is 0 Å². The van der Waals surface area contributed by atoms with Crippen molar-refractivity contribution in [2.75, 3.05) is 11.9 Å². The molecule has 6 heteroatoms. The molecule has 3 rings (SSSR count). The number of aromatic amines is 1. The van der Waals surface area contributed by atoms with E-state index in [1.54, 1.807) is 19.3 Å². The van der Waals surface area contributed by atoms with Gasteiger partial charge in [0.15, 0.2) is 0 Å². The van der Waals surface area contributed by atoms with Crippen molar-refractivity contribution in [3.63, 3.8) is 0 Å². The maximum Gasteiger partial charge on any atom is 0.137 e. The van der Waals surface area contributed by atoms with Crippen LogP contribution in [-0.2, 0) is 13.0 Å². The second-order valence-electron chi connectivity index (χ2n) is 6.27. The van der Waals surface area contributed by atoms with Gasteiger partial charge in [-0.15, -0.1) is 0 Å². The van der Waals surface area contributed by atoms with Crippen LogP contribution in [0.2, 0.25) is 0 Å². The summed E-state index contributed by atoms with van der Waals surface area (Å²) < 4.78 is 0. The van der Waals surface area contributed by atoms with Gasteiger partial charge in [0.2, 0.25) is 0 Å². The Morgan fingerprint density at radius 3 is 2.81 bits per heavy atom. The van der Waals surface area contributed by atoms with E-state index in [2.05, 4.69) is 44.6 Å². The molecule has 26 heavy (non-hydrogen) atoms. The Kier molecular flexibility index (Phi) is 5.99. The number of pyridine rings is 1. The molecule has 4 N–H and O–H groups in total. The number of nitrogens with one attached hydrogen (secondary N) is 3. The van der Waals surface area contributed by atoms with E-state index in [1.165, 1.54) is 11.1 Å². The molecule has 1 unspecified atom stereocenters. The van der Waals surface area contributed by atoms with Crippen LogP contribution in [0.5, 0.6) is 0 Å². The van der Waals surface area contributed by atoms with Crippen molar-refractivity contribution in [3.8, 4) is 11.4 Å². The summed E-state index contributed by atoms with van der Waals surface area (Å²) in [5.41, 5.74) is 4.50. The Hall–Kier alpha value is -2.70. The van der Waals surface area contributed by atoms with Gasteiger partial charge in [0.05, 0.1) is 6.10 Å². The van der Waals surface area contributed by atoms with E-state index in [4.69, 9.17) is 0 Å². The number of aliphatic hydroxyl groups excluding tert-OH is 1. The Morgan fingerprint density at radius 2 is 2.08 bits per heavy atom. The normalized spacial score (nSPS) is 12.1. The molecule has 0 radical (unpaired) electrons. The topological polar surface area (TPSA) is 85.9 Å².